The third-order valence-electron chi connectivity index (χ3n) is 4.64. The summed E-state index contributed by atoms with van der Waals surface area (Å²) in [6.45, 7) is 1.91. The molecule has 2 rings (SSSR count). The quantitative estimate of drug-likeness (QED) is 0.593. The van der Waals surface area contributed by atoms with Crippen LogP contribution in [-0.2, 0) is 6.42 Å². The summed E-state index contributed by atoms with van der Waals surface area (Å²) in [5, 5.41) is 19.8. The van der Waals surface area contributed by atoms with Crippen molar-refractivity contribution in [3.05, 3.63) is 41.5 Å². The summed E-state index contributed by atoms with van der Waals surface area (Å²) in [7, 11) is 6.14. The highest BCUT2D eigenvalue weighted by molar-refractivity contribution is 5.54. The van der Waals surface area contributed by atoms with Gasteiger partial charge in [-0.25, -0.2) is 0 Å². The molecule has 0 heterocycles. The van der Waals surface area contributed by atoms with Gasteiger partial charge in [0, 0.05) is 6.61 Å². The number of hydrogen-bond acceptors (Lipinski definition) is 7. The van der Waals surface area contributed by atoms with E-state index in [-0.39, 0.29) is 6.61 Å². The first kappa shape index (κ1) is 22.6. The number of ether oxygens (including phenoxy) is 5. The Hall–Kier alpha value is -2.64. The fourth-order valence-electron chi connectivity index (χ4n) is 3.06. The average Bonchev–Trinajstić information content (AvgIpc) is 2.76. The van der Waals surface area contributed by atoms with Gasteiger partial charge in [-0.2, -0.15) is 0 Å². The lowest BCUT2D eigenvalue weighted by atomic mass is 10.0. The second-order valence-corrected chi connectivity index (χ2v) is 6.54. The molecule has 0 saturated heterocycles. The Labute approximate surface area is 171 Å². The van der Waals surface area contributed by atoms with Gasteiger partial charge in [-0.05, 0) is 55.2 Å². The molecule has 0 aliphatic carbocycles. The molecule has 2 atom stereocenters. The van der Waals surface area contributed by atoms with E-state index in [1.54, 1.807) is 26.2 Å². The molecule has 0 radical (unpaired) electrons. The van der Waals surface area contributed by atoms with Crippen LogP contribution in [0, 0.1) is 0 Å². The highest BCUT2D eigenvalue weighted by Crippen LogP contribution is 2.40. The molecule has 0 unspecified atom stereocenters. The van der Waals surface area contributed by atoms with Crippen LogP contribution in [0.2, 0.25) is 0 Å². The smallest absolute Gasteiger partial charge is 0.203 e. The molecule has 0 spiro atoms. The first-order valence-corrected chi connectivity index (χ1v) is 9.41. The van der Waals surface area contributed by atoms with Crippen molar-refractivity contribution in [1.82, 2.24) is 0 Å². The van der Waals surface area contributed by atoms with E-state index >= 15 is 0 Å². The highest BCUT2D eigenvalue weighted by Gasteiger charge is 2.23. The molecule has 7 heteroatoms. The van der Waals surface area contributed by atoms with E-state index in [2.05, 4.69) is 0 Å². The number of aliphatic hydroxyl groups excluding tert-OH is 2. The zero-order chi connectivity index (χ0) is 21.4. The maximum atomic E-state index is 10.8. The summed E-state index contributed by atoms with van der Waals surface area (Å²) < 4.78 is 27.4. The molecule has 0 aliphatic heterocycles. The van der Waals surface area contributed by atoms with Crippen LogP contribution >= 0.6 is 0 Å². The summed E-state index contributed by atoms with van der Waals surface area (Å²) in [5.74, 6) is 2.47. The summed E-state index contributed by atoms with van der Waals surface area (Å²) in [5.41, 5.74) is 1.62. The number of benzene rings is 2. The minimum absolute atomic E-state index is 0.137. The molecular formula is C22H30O7. The fourth-order valence-corrected chi connectivity index (χ4v) is 3.06. The van der Waals surface area contributed by atoms with Crippen molar-refractivity contribution in [2.75, 3.05) is 35.0 Å². The normalized spacial score (nSPS) is 12.8. The Morgan fingerprint density at radius 3 is 1.97 bits per heavy atom. The van der Waals surface area contributed by atoms with Crippen molar-refractivity contribution in [1.29, 1.82) is 0 Å². The molecule has 7 nitrogen and oxygen atoms in total. The van der Waals surface area contributed by atoms with Crippen molar-refractivity contribution >= 4 is 0 Å². The molecular weight excluding hydrogens is 376 g/mol. The minimum atomic E-state index is -0.942. The van der Waals surface area contributed by atoms with Crippen LogP contribution in [0.15, 0.2) is 30.3 Å². The van der Waals surface area contributed by atoms with Crippen LogP contribution in [0.5, 0.6) is 28.7 Å². The second-order valence-electron chi connectivity index (χ2n) is 6.54. The number of aliphatic hydroxyl groups is 2. The molecule has 2 N–H and O–H groups in total. The van der Waals surface area contributed by atoms with Gasteiger partial charge in [-0.3, -0.25) is 0 Å². The molecule has 2 aromatic rings. The molecule has 2 aromatic carbocycles. The van der Waals surface area contributed by atoms with Crippen LogP contribution in [0.4, 0.5) is 0 Å². The van der Waals surface area contributed by atoms with Crippen molar-refractivity contribution in [3.63, 3.8) is 0 Å². The first-order chi connectivity index (χ1) is 14.0. The third kappa shape index (κ3) is 5.46. The molecule has 0 aromatic heterocycles. The van der Waals surface area contributed by atoms with Gasteiger partial charge in [0.05, 0.1) is 28.4 Å². The Balaban J connectivity index is 2.23. The SMILES string of the molecule is COc1cc(CCCO)ccc1O[C@H](C)[C@@H](O)c1cc(OC)c(OC)c(OC)c1. The van der Waals surface area contributed by atoms with E-state index in [0.717, 1.165) is 12.0 Å². The van der Waals surface area contributed by atoms with E-state index in [0.29, 0.717) is 40.7 Å². The molecule has 0 amide bonds. The lowest BCUT2D eigenvalue weighted by molar-refractivity contribution is 0.0448. The molecule has 0 saturated carbocycles. The Morgan fingerprint density at radius 1 is 0.828 bits per heavy atom. The van der Waals surface area contributed by atoms with Gasteiger partial charge in [0.15, 0.2) is 23.0 Å². The van der Waals surface area contributed by atoms with Crippen molar-refractivity contribution in [3.8, 4) is 28.7 Å². The van der Waals surface area contributed by atoms with E-state index in [4.69, 9.17) is 28.8 Å². The Morgan fingerprint density at radius 2 is 1.45 bits per heavy atom. The topological polar surface area (TPSA) is 86.6 Å². The summed E-state index contributed by atoms with van der Waals surface area (Å²) in [6.07, 6.45) is -0.0893. The lowest BCUT2D eigenvalue weighted by Gasteiger charge is -2.23. The largest absolute Gasteiger partial charge is 0.493 e. The van der Waals surface area contributed by atoms with Crippen molar-refractivity contribution in [2.45, 2.75) is 32.0 Å². The molecule has 0 bridgehead atoms. The van der Waals surface area contributed by atoms with E-state index < -0.39 is 12.2 Å². The van der Waals surface area contributed by atoms with Crippen LogP contribution in [-0.4, -0.2) is 51.4 Å². The minimum Gasteiger partial charge on any atom is -0.493 e. The zero-order valence-corrected chi connectivity index (χ0v) is 17.6. The van der Waals surface area contributed by atoms with Gasteiger partial charge >= 0.3 is 0 Å². The number of hydrogen-bond donors (Lipinski definition) is 2. The first-order valence-electron chi connectivity index (χ1n) is 9.41. The molecule has 29 heavy (non-hydrogen) atoms. The maximum Gasteiger partial charge on any atom is 0.203 e. The summed E-state index contributed by atoms with van der Waals surface area (Å²) >= 11 is 0. The predicted molar refractivity (Wildman–Crippen MR) is 110 cm³/mol. The monoisotopic (exact) mass is 406 g/mol. The summed E-state index contributed by atoms with van der Waals surface area (Å²) in [4.78, 5) is 0. The van der Waals surface area contributed by atoms with Gasteiger partial charge in [-0.15, -0.1) is 0 Å². The predicted octanol–water partition coefficient (Wildman–Crippen LogP) is 3.15. The third-order valence-corrected chi connectivity index (χ3v) is 4.64. The van der Waals surface area contributed by atoms with Gasteiger partial charge in [-0.1, -0.05) is 6.07 Å². The van der Waals surface area contributed by atoms with Gasteiger partial charge in [0.25, 0.3) is 0 Å². The Kier molecular flexibility index (Phi) is 8.42. The van der Waals surface area contributed by atoms with Gasteiger partial charge < -0.3 is 33.9 Å². The van der Waals surface area contributed by atoms with Crippen LogP contribution in [0.3, 0.4) is 0 Å². The summed E-state index contributed by atoms with van der Waals surface area (Å²) in [6, 6.07) is 9.00. The highest BCUT2D eigenvalue weighted by atomic mass is 16.5. The van der Waals surface area contributed by atoms with E-state index in [1.807, 2.05) is 18.2 Å². The zero-order valence-electron chi connectivity index (χ0n) is 17.6. The van der Waals surface area contributed by atoms with Crippen LogP contribution in [0.25, 0.3) is 0 Å². The van der Waals surface area contributed by atoms with Crippen LogP contribution < -0.4 is 23.7 Å². The average molecular weight is 406 g/mol. The second kappa shape index (κ2) is 10.8. The number of methoxy groups -OCH3 is 4. The van der Waals surface area contributed by atoms with E-state index in [9.17, 15) is 5.11 Å². The number of rotatable bonds is 11. The van der Waals surface area contributed by atoms with Crippen LogP contribution in [0.1, 0.15) is 30.6 Å². The Bertz CT molecular complexity index is 766. The van der Waals surface area contributed by atoms with Crippen molar-refractivity contribution in [2.24, 2.45) is 0 Å². The standard InChI is InChI=1S/C22H30O7/c1-14(29-17-9-8-15(7-6-10-23)11-18(17)25-2)21(24)16-12-19(26-3)22(28-5)20(13-16)27-4/h8-9,11-14,21,23-24H,6-7,10H2,1-5H3/t14-,21-/m1/s1. The lowest BCUT2D eigenvalue weighted by Crippen LogP contribution is -2.22. The van der Waals surface area contributed by atoms with Crippen molar-refractivity contribution < 1.29 is 33.9 Å². The molecule has 160 valence electrons. The van der Waals surface area contributed by atoms with Gasteiger partial charge in [0.1, 0.15) is 12.2 Å². The molecule has 0 aliphatic rings. The molecule has 0 fully saturated rings. The maximum absolute atomic E-state index is 10.8. The fraction of sp³-hybridized carbons (Fsp3) is 0.455. The number of aryl methyl sites for hydroxylation is 1. The van der Waals surface area contributed by atoms with Gasteiger partial charge in [0.2, 0.25) is 5.75 Å². The van der Waals surface area contributed by atoms with E-state index in [1.165, 1.54) is 21.3 Å².